The maximum Gasteiger partial charge on any atom is 0.694 e. The van der Waals surface area contributed by atoms with E-state index in [1.165, 1.54) is 0 Å². The molecule has 0 saturated carbocycles. The Morgan fingerprint density at radius 3 is 2.50 bits per heavy atom. The van der Waals surface area contributed by atoms with Crippen LogP contribution in [0.25, 0.3) is 0 Å². The Bertz CT molecular complexity index is 213. The highest BCUT2D eigenvalue weighted by atomic mass is 31.1. The van der Waals surface area contributed by atoms with Crippen LogP contribution in [0.5, 0.6) is 0 Å². The molecule has 0 radical (unpaired) electrons. The predicted molar refractivity (Wildman–Crippen MR) is 50.0 cm³/mol. The van der Waals surface area contributed by atoms with Crippen LogP contribution in [0.2, 0.25) is 0 Å². The Labute approximate surface area is 83.5 Å². The summed E-state index contributed by atoms with van der Waals surface area (Å²) < 4.78 is 19.3. The Kier molecular flexibility index (Phi) is 5.60. The number of ether oxygens (including phenoxy) is 1. The smallest absolute Gasteiger partial charge is 0.444 e. The molecule has 0 aliphatic carbocycles. The van der Waals surface area contributed by atoms with Crippen molar-refractivity contribution in [2.75, 3.05) is 13.2 Å². The van der Waals surface area contributed by atoms with Gasteiger partial charge >= 0.3 is 14.3 Å². The molecule has 2 N–H and O–H groups in total. The first-order chi connectivity index (χ1) is 6.31. The second-order valence-electron chi connectivity index (χ2n) is 3.50. The van der Waals surface area contributed by atoms with E-state index in [1.807, 2.05) is 0 Å². The highest BCUT2D eigenvalue weighted by Gasteiger charge is 2.16. The van der Waals surface area contributed by atoms with Crippen LogP contribution in [0.3, 0.4) is 0 Å². The molecule has 0 aromatic heterocycles. The maximum absolute atomic E-state index is 11.0. The standard InChI is InChI=1S/C7H14NO5P/c1-7(2,3)13-6(9)8-4-5-12-14(10)11/h4-5H2,1-3H3,(H-,8,9,10,11)/p+1. The zero-order valence-electron chi connectivity index (χ0n) is 8.44. The quantitative estimate of drug-likeness (QED) is 0.553. The van der Waals surface area contributed by atoms with E-state index in [0.29, 0.717) is 0 Å². The molecule has 0 heterocycles. The summed E-state index contributed by atoms with van der Waals surface area (Å²) >= 11 is 0. The summed E-state index contributed by atoms with van der Waals surface area (Å²) in [5.41, 5.74) is -0.549. The molecule has 0 aliphatic rings. The van der Waals surface area contributed by atoms with Crippen molar-refractivity contribution in [1.29, 1.82) is 0 Å². The number of amides is 1. The molecule has 6 nitrogen and oxygen atoms in total. The molecule has 0 aromatic carbocycles. The summed E-state index contributed by atoms with van der Waals surface area (Å²) in [4.78, 5) is 19.2. The fourth-order valence-corrected chi connectivity index (χ4v) is 0.838. The summed E-state index contributed by atoms with van der Waals surface area (Å²) in [5, 5.41) is 2.37. The van der Waals surface area contributed by atoms with Gasteiger partial charge in [-0.2, -0.15) is 0 Å². The number of carbonyl (C=O) groups is 1. The summed E-state index contributed by atoms with van der Waals surface area (Å²) in [6, 6.07) is 0. The van der Waals surface area contributed by atoms with Gasteiger partial charge in [-0.05, 0) is 20.8 Å². The van der Waals surface area contributed by atoms with Crippen molar-refractivity contribution in [3.8, 4) is 0 Å². The van der Waals surface area contributed by atoms with E-state index in [0.717, 1.165) is 0 Å². The van der Waals surface area contributed by atoms with E-state index in [2.05, 4.69) is 9.84 Å². The number of nitrogens with one attached hydrogen (secondary N) is 1. The highest BCUT2D eigenvalue weighted by molar-refractivity contribution is 7.32. The number of alkyl carbamates (subject to hydrolysis) is 1. The summed E-state index contributed by atoms with van der Waals surface area (Å²) in [5.74, 6) is 0. The molecule has 0 spiro atoms. The third kappa shape index (κ3) is 9.38. The lowest BCUT2D eigenvalue weighted by Crippen LogP contribution is -2.34. The minimum absolute atomic E-state index is 0.0229. The van der Waals surface area contributed by atoms with E-state index in [9.17, 15) is 9.36 Å². The Balaban J connectivity index is 3.50. The predicted octanol–water partition coefficient (Wildman–Crippen LogP) is 1.18. The highest BCUT2D eigenvalue weighted by Crippen LogP contribution is 2.12. The summed E-state index contributed by atoms with van der Waals surface area (Å²) in [6.07, 6.45) is -0.575. The molecule has 1 amide bonds. The largest absolute Gasteiger partial charge is 0.694 e. The second-order valence-corrected chi connectivity index (χ2v) is 4.23. The van der Waals surface area contributed by atoms with Crippen molar-refractivity contribution in [3.05, 3.63) is 0 Å². The van der Waals surface area contributed by atoms with Gasteiger partial charge in [0.15, 0.2) is 0 Å². The molecule has 0 saturated heterocycles. The average Bonchev–Trinajstić information content (AvgIpc) is 1.94. The van der Waals surface area contributed by atoms with Gasteiger partial charge in [0.25, 0.3) is 0 Å². The Morgan fingerprint density at radius 1 is 1.50 bits per heavy atom. The molecule has 0 bridgehead atoms. The van der Waals surface area contributed by atoms with Crippen molar-refractivity contribution in [3.63, 3.8) is 0 Å². The summed E-state index contributed by atoms with van der Waals surface area (Å²) in [7, 11) is -2.60. The Morgan fingerprint density at radius 2 is 2.07 bits per heavy atom. The third-order valence-corrected chi connectivity index (χ3v) is 1.38. The van der Waals surface area contributed by atoms with Gasteiger partial charge in [-0.3, -0.25) is 0 Å². The van der Waals surface area contributed by atoms with Crippen molar-refractivity contribution in [1.82, 2.24) is 5.32 Å². The number of carbonyl (C=O) groups excluding carboxylic acids is 1. The zero-order valence-corrected chi connectivity index (χ0v) is 9.34. The monoisotopic (exact) mass is 224 g/mol. The zero-order chi connectivity index (χ0) is 11.2. The lowest BCUT2D eigenvalue weighted by atomic mass is 10.2. The molecule has 0 aliphatic heterocycles. The molecule has 7 heteroatoms. The number of hydrogen-bond donors (Lipinski definition) is 2. The number of rotatable bonds is 4. The molecule has 14 heavy (non-hydrogen) atoms. The molecule has 0 aromatic rings. The topological polar surface area (TPSA) is 84.9 Å². The second kappa shape index (κ2) is 5.90. The molecule has 0 fully saturated rings. The molecule has 1 atom stereocenters. The maximum atomic E-state index is 11.0. The minimum Gasteiger partial charge on any atom is -0.444 e. The van der Waals surface area contributed by atoms with Gasteiger partial charge in [-0.15, -0.1) is 9.42 Å². The van der Waals surface area contributed by atoms with E-state index in [-0.39, 0.29) is 13.2 Å². The van der Waals surface area contributed by atoms with Gasteiger partial charge < -0.3 is 10.1 Å². The van der Waals surface area contributed by atoms with Crippen LogP contribution in [0, 0.1) is 0 Å². The van der Waals surface area contributed by atoms with Crippen LogP contribution >= 0.6 is 8.25 Å². The lowest BCUT2D eigenvalue weighted by molar-refractivity contribution is 0.0519. The summed E-state index contributed by atoms with van der Waals surface area (Å²) in [6.45, 7) is 5.34. The lowest BCUT2D eigenvalue weighted by Gasteiger charge is -2.19. The van der Waals surface area contributed by atoms with Crippen LogP contribution in [-0.4, -0.2) is 29.7 Å². The fourth-order valence-electron chi connectivity index (χ4n) is 0.591. The van der Waals surface area contributed by atoms with Crippen molar-refractivity contribution in [2.24, 2.45) is 0 Å². The first-order valence-corrected chi connectivity index (χ1v) is 5.20. The first-order valence-electron chi connectivity index (χ1n) is 4.07. The third-order valence-electron chi connectivity index (χ3n) is 0.972. The first kappa shape index (κ1) is 13.3. The van der Waals surface area contributed by atoms with Gasteiger partial charge in [-0.25, -0.2) is 4.79 Å². The van der Waals surface area contributed by atoms with E-state index < -0.39 is 19.9 Å². The van der Waals surface area contributed by atoms with E-state index in [1.54, 1.807) is 20.8 Å². The van der Waals surface area contributed by atoms with Gasteiger partial charge in [0.1, 0.15) is 12.2 Å². The van der Waals surface area contributed by atoms with Gasteiger partial charge in [0, 0.05) is 11.1 Å². The molecule has 0 rings (SSSR count). The van der Waals surface area contributed by atoms with Crippen LogP contribution in [0.15, 0.2) is 0 Å². The van der Waals surface area contributed by atoms with Crippen LogP contribution in [0.4, 0.5) is 4.79 Å². The van der Waals surface area contributed by atoms with Crippen molar-refractivity contribution in [2.45, 2.75) is 26.4 Å². The molecule has 1 unspecified atom stereocenters. The van der Waals surface area contributed by atoms with E-state index >= 15 is 0 Å². The Hall–Kier alpha value is -0.710. The van der Waals surface area contributed by atoms with Gasteiger partial charge in [-0.1, -0.05) is 0 Å². The minimum atomic E-state index is -2.60. The van der Waals surface area contributed by atoms with Crippen LogP contribution in [-0.2, 0) is 13.8 Å². The number of hydrogen-bond acceptors (Lipinski definition) is 4. The molecular formula is C7H15NO5P+. The SMILES string of the molecule is CC(C)(C)OC(=O)NCCO[P+](=O)O. The van der Waals surface area contributed by atoms with Crippen molar-refractivity contribution >= 4 is 14.3 Å². The van der Waals surface area contributed by atoms with E-state index in [4.69, 9.17) is 9.63 Å². The van der Waals surface area contributed by atoms with Crippen molar-refractivity contribution < 1.29 is 23.5 Å². The fraction of sp³-hybridized carbons (Fsp3) is 0.857. The average molecular weight is 224 g/mol. The van der Waals surface area contributed by atoms with Gasteiger partial charge in [0.05, 0.1) is 0 Å². The molecule has 82 valence electrons. The van der Waals surface area contributed by atoms with Gasteiger partial charge in [0.2, 0.25) is 0 Å². The molecular weight excluding hydrogens is 209 g/mol. The van der Waals surface area contributed by atoms with Crippen LogP contribution in [0.1, 0.15) is 20.8 Å². The van der Waals surface area contributed by atoms with Crippen LogP contribution < -0.4 is 5.32 Å². The normalized spacial score (nSPS) is 12.1.